The van der Waals surface area contributed by atoms with Crippen molar-refractivity contribution in [1.82, 2.24) is 15.3 Å². The molecule has 3 aromatic rings. The number of aromatic nitrogens is 2. The molecular formula is C25H28N4OS. The first-order valence-electron chi connectivity index (χ1n) is 11.0. The van der Waals surface area contributed by atoms with Gasteiger partial charge in [0.2, 0.25) is 0 Å². The highest BCUT2D eigenvalue weighted by atomic mass is 32.1. The second kappa shape index (κ2) is 8.35. The molecular weight excluding hydrogens is 404 g/mol. The van der Waals surface area contributed by atoms with Crippen molar-refractivity contribution in [2.75, 3.05) is 4.90 Å². The fourth-order valence-corrected chi connectivity index (χ4v) is 5.23. The number of aryl methyl sites for hydroxylation is 2. The summed E-state index contributed by atoms with van der Waals surface area (Å²) in [5.74, 6) is 0.931. The smallest absolute Gasteiger partial charge is 0.174 e. The number of anilines is 1. The van der Waals surface area contributed by atoms with E-state index in [0.717, 1.165) is 41.4 Å². The Bertz CT molecular complexity index is 1060. The Morgan fingerprint density at radius 1 is 1.06 bits per heavy atom. The van der Waals surface area contributed by atoms with E-state index in [0.29, 0.717) is 11.2 Å². The van der Waals surface area contributed by atoms with Crippen molar-refractivity contribution in [3.05, 3.63) is 77.4 Å². The molecule has 2 atom stereocenters. The van der Waals surface area contributed by atoms with E-state index in [1.807, 2.05) is 18.3 Å². The minimum absolute atomic E-state index is 0.00829. The Kier molecular flexibility index (Phi) is 5.40. The maximum atomic E-state index is 6.16. The summed E-state index contributed by atoms with van der Waals surface area (Å²) in [6.07, 6.45) is 7.03. The molecule has 1 saturated heterocycles. The SMILES string of the molecule is Cc1cc([C@@H]2[C@@H](c3ccccn3)NC(=S)N2c2ccc(OC3CCCC3)cc2)c(C)[nH]1. The summed E-state index contributed by atoms with van der Waals surface area (Å²) in [6.45, 7) is 4.21. The van der Waals surface area contributed by atoms with Gasteiger partial charge in [0.15, 0.2) is 5.11 Å². The van der Waals surface area contributed by atoms with Gasteiger partial charge in [0.05, 0.1) is 23.9 Å². The molecule has 2 N–H and O–H groups in total. The number of aromatic amines is 1. The van der Waals surface area contributed by atoms with Gasteiger partial charge in [-0.05, 0) is 99.8 Å². The number of H-pyrrole nitrogens is 1. The first kappa shape index (κ1) is 20.1. The zero-order valence-electron chi connectivity index (χ0n) is 18.0. The Balaban J connectivity index is 1.49. The van der Waals surface area contributed by atoms with Crippen LogP contribution in [0.25, 0.3) is 0 Å². The molecule has 3 heterocycles. The van der Waals surface area contributed by atoms with Gasteiger partial charge in [0.1, 0.15) is 5.75 Å². The number of benzene rings is 1. The first-order valence-corrected chi connectivity index (χ1v) is 11.4. The third-order valence-corrected chi connectivity index (χ3v) is 6.64. The molecule has 5 nitrogen and oxygen atoms in total. The monoisotopic (exact) mass is 432 g/mol. The number of nitrogens with zero attached hydrogens (tertiary/aromatic N) is 2. The molecule has 2 aromatic heterocycles. The Morgan fingerprint density at radius 2 is 1.84 bits per heavy atom. The second-order valence-corrected chi connectivity index (χ2v) is 8.93. The molecule has 5 rings (SSSR count). The van der Waals surface area contributed by atoms with Crippen LogP contribution in [0.3, 0.4) is 0 Å². The Hall–Kier alpha value is -2.86. The van der Waals surface area contributed by atoms with Crippen LogP contribution in [0.4, 0.5) is 5.69 Å². The minimum atomic E-state index is -0.0305. The van der Waals surface area contributed by atoms with E-state index < -0.39 is 0 Å². The lowest BCUT2D eigenvalue weighted by Gasteiger charge is -2.28. The quantitative estimate of drug-likeness (QED) is 0.520. The third kappa shape index (κ3) is 3.92. The number of hydrogen-bond donors (Lipinski definition) is 2. The number of thiocarbonyl (C=S) groups is 1. The highest BCUT2D eigenvalue weighted by Gasteiger charge is 2.41. The summed E-state index contributed by atoms with van der Waals surface area (Å²) in [5.41, 5.74) is 5.56. The summed E-state index contributed by atoms with van der Waals surface area (Å²) in [5, 5.41) is 4.24. The largest absolute Gasteiger partial charge is 0.490 e. The Morgan fingerprint density at radius 3 is 2.48 bits per heavy atom. The average Bonchev–Trinajstić information content (AvgIpc) is 3.48. The van der Waals surface area contributed by atoms with Gasteiger partial charge in [-0.15, -0.1) is 0 Å². The molecule has 6 heteroatoms. The van der Waals surface area contributed by atoms with E-state index in [9.17, 15) is 0 Å². The van der Waals surface area contributed by atoms with E-state index in [4.69, 9.17) is 17.0 Å². The van der Waals surface area contributed by atoms with Crippen LogP contribution in [-0.4, -0.2) is 21.2 Å². The number of rotatable bonds is 5. The maximum Gasteiger partial charge on any atom is 0.174 e. The summed E-state index contributed by atoms with van der Waals surface area (Å²) in [7, 11) is 0. The summed E-state index contributed by atoms with van der Waals surface area (Å²) < 4.78 is 6.16. The lowest BCUT2D eigenvalue weighted by atomic mass is 9.96. The van der Waals surface area contributed by atoms with Crippen molar-refractivity contribution in [2.24, 2.45) is 0 Å². The summed E-state index contributed by atoms with van der Waals surface area (Å²) in [6, 6.07) is 16.6. The molecule has 2 fully saturated rings. The average molecular weight is 433 g/mol. The molecule has 0 unspecified atom stereocenters. The van der Waals surface area contributed by atoms with Crippen LogP contribution >= 0.6 is 12.2 Å². The van der Waals surface area contributed by atoms with Crippen molar-refractivity contribution in [2.45, 2.75) is 57.7 Å². The van der Waals surface area contributed by atoms with Gasteiger partial charge >= 0.3 is 0 Å². The van der Waals surface area contributed by atoms with Crippen LogP contribution in [0.2, 0.25) is 0 Å². The van der Waals surface area contributed by atoms with E-state index in [1.54, 1.807) is 0 Å². The molecule has 160 valence electrons. The van der Waals surface area contributed by atoms with Crippen LogP contribution < -0.4 is 15.0 Å². The van der Waals surface area contributed by atoms with E-state index in [1.165, 1.54) is 18.4 Å². The van der Waals surface area contributed by atoms with Crippen LogP contribution in [0.15, 0.2) is 54.7 Å². The van der Waals surface area contributed by atoms with Crippen molar-refractivity contribution >= 4 is 23.0 Å². The highest BCUT2D eigenvalue weighted by Crippen LogP contribution is 2.43. The molecule has 31 heavy (non-hydrogen) atoms. The van der Waals surface area contributed by atoms with Gasteiger partial charge in [-0.1, -0.05) is 6.07 Å². The van der Waals surface area contributed by atoms with Crippen LogP contribution in [-0.2, 0) is 0 Å². The number of ether oxygens (including phenoxy) is 1. The Labute approximate surface area is 188 Å². The van der Waals surface area contributed by atoms with Gasteiger partial charge < -0.3 is 19.9 Å². The zero-order valence-corrected chi connectivity index (χ0v) is 18.8. The van der Waals surface area contributed by atoms with E-state index >= 15 is 0 Å². The molecule has 0 bridgehead atoms. The molecule has 0 amide bonds. The highest BCUT2D eigenvalue weighted by molar-refractivity contribution is 7.80. The fraction of sp³-hybridized carbons (Fsp3) is 0.360. The van der Waals surface area contributed by atoms with Gasteiger partial charge in [-0.25, -0.2) is 0 Å². The first-order chi connectivity index (χ1) is 15.1. The minimum Gasteiger partial charge on any atom is -0.490 e. The van der Waals surface area contributed by atoms with Crippen molar-refractivity contribution in [1.29, 1.82) is 0 Å². The summed E-state index contributed by atoms with van der Waals surface area (Å²) in [4.78, 5) is 10.3. The number of hydrogen-bond acceptors (Lipinski definition) is 3. The van der Waals surface area contributed by atoms with Crippen LogP contribution in [0, 0.1) is 13.8 Å². The van der Waals surface area contributed by atoms with Crippen molar-refractivity contribution < 1.29 is 4.74 Å². The van der Waals surface area contributed by atoms with Crippen molar-refractivity contribution in [3.8, 4) is 5.75 Å². The normalized spacial score (nSPS) is 21.5. The van der Waals surface area contributed by atoms with Gasteiger partial charge in [0, 0.05) is 23.3 Å². The fourth-order valence-electron chi connectivity index (χ4n) is 4.89. The summed E-state index contributed by atoms with van der Waals surface area (Å²) >= 11 is 5.82. The lowest BCUT2D eigenvalue weighted by molar-refractivity contribution is 0.210. The van der Waals surface area contributed by atoms with Crippen LogP contribution in [0.5, 0.6) is 5.75 Å². The number of nitrogens with one attached hydrogen (secondary N) is 2. The molecule has 0 spiro atoms. The standard InChI is InChI=1S/C25H28N4OS/c1-16-15-21(17(2)27-16)24-23(22-9-5-6-14-26-22)28-25(31)29(24)18-10-12-20(13-11-18)30-19-7-3-4-8-19/h5-6,9-15,19,23-24,27H,3-4,7-8H2,1-2H3,(H,28,31)/t23-,24-/m1/s1. The third-order valence-electron chi connectivity index (χ3n) is 6.33. The molecule has 1 saturated carbocycles. The van der Waals surface area contributed by atoms with E-state index in [-0.39, 0.29) is 12.1 Å². The maximum absolute atomic E-state index is 6.16. The van der Waals surface area contributed by atoms with Gasteiger partial charge in [-0.2, -0.15) is 0 Å². The molecule has 0 radical (unpaired) electrons. The predicted molar refractivity (Wildman–Crippen MR) is 128 cm³/mol. The zero-order chi connectivity index (χ0) is 21.4. The van der Waals surface area contributed by atoms with E-state index in [2.05, 4.69) is 70.4 Å². The molecule has 1 aliphatic heterocycles. The number of pyridine rings is 1. The van der Waals surface area contributed by atoms with Crippen molar-refractivity contribution in [3.63, 3.8) is 0 Å². The predicted octanol–water partition coefficient (Wildman–Crippen LogP) is 5.53. The second-order valence-electron chi connectivity index (χ2n) is 8.55. The molecule has 2 aliphatic rings. The topological polar surface area (TPSA) is 53.2 Å². The van der Waals surface area contributed by atoms with Gasteiger partial charge in [-0.3, -0.25) is 4.98 Å². The van der Waals surface area contributed by atoms with Crippen LogP contribution in [0.1, 0.15) is 60.4 Å². The van der Waals surface area contributed by atoms with Gasteiger partial charge in [0.25, 0.3) is 0 Å². The lowest BCUT2D eigenvalue weighted by Crippen LogP contribution is -2.29. The molecule has 1 aromatic carbocycles. The molecule has 1 aliphatic carbocycles.